The van der Waals surface area contributed by atoms with Crippen molar-refractivity contribution in [3.05, 3.63) is 29.3 Å². The van der Waals surface area contributed by atoms with Gasteiger partial charge in [-0.1, -0.05) is 0 Å². The summed E-state index contributed by atoms with van der Waals surface area (Å²) in [7, 11) is 1.44. The number of hydrogen-bond acceptors (Lipinski definition) is 5. The van der Waals surface area contributed by atoms with Gasteiger partial charge >= 0.3 is 0 Å². The highest BCUT2D eigenvalue weighted by atomic mass is 16.5. The molecule has 1 unspecified atom stereocenters. The van der Waals surface area contributed by atoms with Crippen molar-refractivity contribution in [3.63, 3.8) is 0 Å². The molecular formula is C12H13N3O4. The number of ether oxygens (including phenoxy) is 1. The van der Waals surface area contributed by atoms with E-state index in [9.17, 15) is 14.4 Å². The monoisotopic (exact) mass is 263 g/mol. The largest absolute Gasteiger partial charge is 0.383 e. The number of imide groups is 1. The molecule has 100 valence electrons. The Morgan fingerprint density at radius 3 is 2.74 bits per heavy atom. The van der Waals surface area contributed by atoms with Crippen LogP contribution in [0.5, 0.6) is 0 Å². The lowest BCUT2D eigenvalue weighted by molar-refractivity contribution is -0.118. The van der Waals surface area contributed by atoms with Gasteiger partial charge in [-0.2, -0.15) is 0 Å². The van der Waals surface area contributed by atoms with E-state index in [-0.39, 0.29) is 12.2 Å². The maximum absolute atomic E-state index is 11.7. The predicted octanol–water partition coefficient (Wildman–Crippen LogP) is -0.518. The number of fused-ring (bicyclic) bond motifs is 1. The van der Waals surface area contributed by atoms with Crippen molar-refractivity contribution in [2.24, 2.45) is 5.73 Å². The summed E-state index contributed by atoms with van der Waals surface area (Å²) in [4.78, 5) is 34.5. The van der Waals surface area contributed by atoms with Gasteiger partial charge in [-0.05, 0) is 18.2 Å². The molecule has 1 aliphatic heterocycles. The van der Waals surface area contributed by atoms with Crippen LogP contribution in [0.2, 0.25) is 0 Å². The molecule has 0 saturated carbocycles. The average Bonchev–Trinajstić information content (AvgIpc) is 2.65. The molecule has 1 aliphatic rings. The molecule has 1 aromatic carbocycles. The van der Waals surface area contributed by atoms with Gasteiger partial charge in [-0.15, -0.1) is 0 Å². The van der Waals surface area contributed by atoms with Crippen LogP contribution in [0.4, 0.5) is 5.69 Å². The fourth-order valence-corrected chi connectivity index (χ4v) is 1.74. The first kappa shape index (κ1) is 13.2. The summed E-state index contributed by atoms with van der Waals surface area (Å²) < 4.78 is 4.77. The van der Waals surface area contributed by atoms with Gasteiger partial charge in [0.05, 0.1) is 17.7 Å². The van der Waals surface area contributed by atoms with Gasteiger partial charge in [0, 0.05) is 12.8 Å². The van der Waals surface area contributed by atoms with Gasteiger partial charge in [0.25, 0.3) is 11.8 Å². The maximum Gasteiger partial charge on any atom is 0.259 e. The Hall–Kier alpha value is -2.25. The zero-order valence-corrected chi connectivity index (χ0v) is 10.2. The van der Waals surface area contributed by atoms with Gasteiger partial charge in [0.2, 0.25) is 5.91 Å². The van der Waals surface area contributed by atoms with E-state index in [2.05, 4.69) is 10.6 Å². The molecule has 0 saturated heterocycles. The normalized spacial score (nSPS) is 14.8. The lowest BCUT2D eigenvalue weighted by Gasteiger charge is -2.11. The van der Waals surface area contributed by atoms with Crippen molar-refractivity contribution in [2.75, 3.05) is 19.0 Å². The number of anilines is 1. The van der Waals surface area contributed by atoms with Crippen LogP contribution in [0.1, 0.15) is 20.7 Å². The third kappa shape index (κ3) is 2.61. The summed E-state index contributed by atoms with van der Waals surface area (Å²) in [5.74, 6) is -1.34. The van der Waals surface area contributed by atoms with Crippen molar-refractivity contribution in [1.29, 1.82) is 0 Å². The van der Waals surface area contributed by atoms with Gasteiger partial charge in [0.1, 0.15) is 6.04 Å². The third-order valence-electron chi connectivity index (χ3n) is 2.69. The molecule has 0 fully saturated rings. The second-order valence-electron chi connectivity index (χ2n) is 4.09. The van der Waals surface area contributed by atoms with Crippen molar-refractivity contribution < 1.29 is 19.1 Å². The number of carbonyl (C=O) groups excluding carboxylic acids is 3. The van der Waals surface area contributed by atoms with Crippen LogP contribution in [0.3, 0.4) is 0 Å². The fourth-order valence-electron chi connectivity index (χ4n) is 1.74. The second-order valence-corrected chi connectivity index (χ2v) is 4.09. The summed E-state index contributed by atoms with van der Waals surface area (Å²) in [6.07, 6.45) is 0. The molecule has 4 N–H and O–H groups in total. The molecule has 0 bridgehead atoms. The van der Waals surface area contributed by atoms with E-state index in [1.807, 2.05) is 0 Å². The first-order valence-corrected chi connectivity index (χ1v) is 5.58. The molecule has 19 heavy (non-hydrogen) atoms. The van der Waals surface area contributed by atoms with E-state index < -0.39 is 23.8 Å². The smallest absolute Gasteiger partial charge is 0.259 e. The second kappa shape index (κ2) is 5.17. The number of rotatable bonds is 4. The highest BCUT2D eigenvalue weighted by Crippen LogP contribution is 2.20. The number of hydrogen-bond donors (Lipinski definition) is 3. The molecule has 1 aromatic rings. The quantitative estimate of drug-likeness (QED) is 0.633. The highest BCUT2D eigenvalue weighted by Gasteiger charge is 2.27. The Morgan fingerprint density at radius 1 is 1.37 bits per heavy atom. The Bertz CT molecular complexity index is 556. The van der Waals surface area contributed by atoms with Crippen LogP contribution in [0, 0.1) is 0 Å². The molecule has 3 amide bonds. The number of nitrogens with one attached hydrogen (secondary N) is 2. The zero-order valence-electron chi connectivity index (χ0n) is 10.2. The SMILES string of the molecule is COCC(N)C(=O)Nc1ccc2c(c1)C(=O)NC2=O. The molecule has 0 aromatic heterocycles. The molecule has 0 aliphatic carbocycles. The van der Waals surface area contributed by atoms with Crippen LogP contribution in [-0.4, -0.2) is 37.5 Å². The van der Waals surface area contributed by atoms with Gasteiger partial charge in [0.15, 0.2) is 0 Å². The van der Waals surface area contributed by atoms with Crippen LogP contribution in [-0.2, 0) is 9.53 Å². The van der Waals surface area contributed by atoms with Gasteiger partial charge in [-0.25, -0.2) is 0 Å². The summed E-state index contributed by atoms with van der Waals surface area (Å²) in [5, 5.41) is 4.73. The van der Waals surface area contributed by atoms with E-state index in [1.165, 1.54) is 25.3 Å². The van der Waals surface area contributed by atoms with E-state index in [4.69, 9.17) is 10.5 Å². The molecule has 2 rings (SSSR count). The van der Waals surface area contributed by atoms with Crippen LogP contribution in [0.15, 0.2) is 18.2 Å². The lowest BCUT2D eigenvalue weighted by Crippen LogP contribution is -2.39. The number of methoxy groups -OCH3 is 1. The predicted molar refractivity (Wildman–Crippen MR) is 66.7 cm³/mol. The van der Waals surface area contributed by atoms with Gasteiger partial charge in [-0.3, -0.25) is 19.7 Å². The lowest BCUT2D eigenvalue weighted by atomic mass is 10.1. The standard InChI is InChI=1S/C12H13N3O4/c1-19-5-9(13)12(18)14-6-2-3-7-8(4-6)11(17)15-10(7)16/h2-4,9H,5,13H2,1H3,(H,14,18)(H,15,16,17). The number of nitrogens with two attached hydrogens (primary N) is 1. The van der Waals surface area contributed by atoms with E-state index in [1.54, 1.807) is 0 Å². The van der Waals surface area contributed by atoms with Crippen molar-refractivity contribution in [2.45, 2.75) is 6.04 Å². The minimum Gasteiger partial charge on any atom is -0.383 e. The first-order chi connectivity index (χ1) is 9.02. The van der Waals surface area contributed by atoms with Crippen molar-refractivity contribution in [1.82, 2.24) is 5.32 Å². The van der Waals surface area contributed by atoms with Crippen LogP contribution >= 0.6 is 0 Å². The fraction of sp³-hybridized carbons (Fsp3) is 0.250. The molecule has 0 spiro atoms. The molecule has 1 heterocycles. The number of benzene rings is 1. The summed E-state index contributed by atoms with van der Waals surface area (Å²) in [6.45, 7) is 0.0930. The average molecular weight is 263 g/mol. The summed E-state index contributed by atoms with van der Waals surface area (Å²) in [6, 6.07) is 3.66. The maximum atomic E-state index is 11.7. The first-order valence-electron chi connectivity index (χ1n) is 5.58. The van der Waals surface area contributed by atoms with E-state index in [0.717, 1.165) is 0 Å². The Morgan fingerprint density at radius 2 is 2.05 bits per heavy atom. The minimum absolute atomic E-state index is 0.0930. The molecule has 1 atom stereocenters. The molecule has 7 heteroatoms. The zero-order chi connectivity index (χ0) is 14.0. The Balaban J connectivity index is 2.15. The van der Waals surface area contributed by atoms with Gasteiger partial charge < -0.3 is 15.8 Å². The summed E-state index contributed by atoms with van der Waals surface area (Å²) >= 11 is 0. The van der Waals surface area contributed by atoms with Crippen molar-refractivity contribution >= 4 is 23.4 Å². The Kier molecular flexibility index (Phi) is 3.59. The molecule has 7 nitrogen and oxygen atoms in total. The van der Waals surface area contributed by atoms with Crippen molar-refractivity contribution in [3.8, 4) is 0 Å². The van der Waals surface area contributed by atoms with Crippen LogP contribution < -0.4 is 16.4 Å². The van der Waals surface area contributed by atoms with Crippen LogP contribution in [0.25, 0.3) is 0 Å². The van der Waals surface area contributed by atoms with E-state index in [0.29, 0.717) is 11.3 Å². The third-order valence-corrected chi connectivity index (χ3v) is 2.69. The topological polar surface area (TPSA) is 111 Å². The molecule has 0 radical (unpaired) electrons. The number of amides is 3. The summed E-state index contributed by atoms with van der Waals surface area (Å²) in [5.41, 5.74) is 6.50. The Labute approximate surface area is 109 Å². The minimum atomic E-state index is -0.797. The van der Waals surface area contributed by atoms with E-state index >= 15 is 0 Å². The molecular weight excluding hydrogens is 250 g/mol. The number of carbonyl (C=O) groups is 3. The highest BCUT2D eigenvalue weighted by molar-refractivity contribution is 6.22.